The lowest BCUT2D eigenvalue weighted by atomic mass is 9.96. The Labute approximate surface area is 114 Å². The van der Waals surface area contributed by atoms with E-state index in [2.05, 4.69) is 36.1 Å². The molecule has 0 saturated carbocycles. The van der Waals surface area contributed by atoms with Crippen molar-refractivity contribution in [3.63, 3.8) is 0 Å². The molecule has 1 N–H and O–H groups in total. The summed E-state index contributed by atoms with van der Waals surface area (Å²) in [6.45, 7) is 10.3. The van der Waals surface area contributed by atoms with Crippen LogP contribution in [0.25, 0.3) is 0 Å². The minimum absolute atomic E-state index is 0.0261. The van der Waals surface area contributed by atoms with Crippen molar-refractivity contribution in [2.75, 3.05) is 11.9 Å². The van der Waals surface area contributed by atoms with Crippen molar-refractivity contribution < 1.29 is 9.53 Å². The van der Waals surface area contributed by atoms with Gasteiger partial charge in [-0.05, 0) is 19.9 Å². The van der Waals surface area contributed by atoms with E-state index >= 15 is 0 Å². The van der Waals surface area contributed by atoms with Gasteiger partial charge in [0.05, 0.1) is 13.0 Å². The number of hydrogen-bond acceptors (Lipinski definition) is 5. The highest BCUT2D eigenvalue weighted by Gasteiger charge is 2.18. The van der Waals surface area contributed by atoms with Crippen LogP contribution < -0.4 is 5.32 Å². The Morgan fingerprint density at radius 1 is 1.47 bits per heavy atom. The number of nitrogens with zero attached hydrogens (tertiary/aromatic N) is 2. The maximum atomic E-state index is 11.4. The third-order valence-electron chi connectivity index (χ3n) is 2.50. The molecule has 0 aromatic carbocycles. The second-order valence-corrected chi connectivity index (χ2v) is 5.57. The highest BCUT2D eigenvalue weighted by Crippen LogP contribution is 2.19. The van der Waals surface area contributed by atoms with Crippen molar-refractivity contribution in [2.24, 2.45) is 0 Å². The predicted octanol–water partition coefficient (Wildman–Crippen LogP) is 2.53. The summed E-state index contributed by atoms with van der Waals surface area (Å²) in [5.41, 5.74) is -0.0952. The van der Waals surface area contributed by atoms with Gasteiger partial charge in [-0.1, -0.05) is 20.8 Å². The molecule has 5 nitrogen and oxygen atoms in total. The summed E-state index contributed by atoms with van der Waals surface area (Å²) >= 11 is 0. The molecule has 0 radical (unpaired) electrons. The van der Waals surface area contributed by atoms with Crippen LogP contribution in [0.3, 0.4) is 0 Å². The van der Waals surface area contributed by atoms with Gasteiger partial charge < -0.3 is 10.1 Å². The van der Waals surface area contributed by atoms with Crippen LogP contribution in [0.2, 0.25) is 0 Å². The lowest BCUT2D eigenvalue weighted by molar-refractivity contribution is -0.143. The molecule has 106 valence electrons. The summed E-state index contributed by atoms with van der Waals surface area (Å²) in [7, 11) is 0. The monoisotopic (exact) mass is 265 g/mol. The van der Waals surface area contributed by atoms with Crippen LogP contribution >= 0.6 is 0 Å². The number of nitrogens with one attached hydrogen (secondary N) is 1. The van der Waals surface area contributed by atoms with Gasteiger partial charge in [0.2, 0.25) is 0 Å². The van der Waals surface area contributed by atoms with Crippen molar-refractivity contribution >= 4 is 11.8 Å². The summed E-state index contributed by atoms with van der Waals surface area (Å²) in [5.74, 6) is 1.31. The first-order chi connectivity index (χ1) is 8.82. The minimum Gasteiger partial charge on any atom is -0.466 e. The molecule has 1 atom stereocenters. The first-order valence-electron chi connectivity index (χ1n) is 6.58. The molecule has 0 fully saturated rings. The molecule has 0 aliphatic carbocycles. The number of hydrogen-bond donors (Lipinski definition) is 1. The van der Waals surface area contributed by atoms with Crippen LogP contribution in [0, 0.1) is 0 Å². The van der Waals surface area contributed by atoms with Crippen LogP contribution in [-0.2, 0) is 14.9 Å². The lowest BCUT2D eigenvalue weighted by Gasteiger charge is -2.18. The van der Waals surface area contributed by atoms with E-state index in [-0.39, 0.29) is 17.4 Å². The van der Waals surface area contributed by atoms with Crippen molar-refractivity contribution in [1.82, 2.24) is 9.97 Å². The lowest BCUT2D eigenvalue weighted by Crippen LogP contribution is -2.23. The van der Waals surface area contributed by atoms with Gasteiger partial charge in [0.25, 0.3) is 0 Å². The molecule has 1 rings (SSSR count). The van der Waals surface area contributed by atoms with Crippen LogP contribution in [0.15, 0.2) is 12.3 Å². The molecule has 1 aromatic rings. The molecule has 1 heterocycles. The Morgan fingerprint density at radius 3 is 2.74 bits per heavy atom. The van der Waals surface area contributed by atoms with Crippen molar-refractivity contribution in [3.05, 3.63) is 18.1 Å². The highest BCUT2D eigenvalue weighted by molar-refractivity contribution is 5.70. The van der Waals surface area contributed by atoms with Crippen LogP contribution in [0.4, 0.5) is 5.82 Å². The molecule has 1 aromatic heterocycles. The summed E-state index contributed by atoms with van der Waals surface area (Å²) in [5, 5.41) is 3.19. The van der Waals surface area contributed by atoms with E-state index in [1.165, 1.54) is 0 Å². The van der Waals surface area contributed by atoms with E-state index in [1.54, 1.807) is 19.2 Å². The molecule has 0 spiro atoms. The summed E-state index contributed by atoms with van der Waals surface area (Å²) in [4.78, 5) is 20.1. The summed E-state index contributed by atoms with van der Waals surface area (Å²) in [6, 6.07) is 1.78. The van der Waals surface area contributed by atoms with E-state index in [0.29, 0.717) is 13.0 Å². The smallest absolute Gasteiger partial charge is 0.307 e. The summed E-state index contributed by atoms with van der Waals surface area (Å²) in [6.07, 6.45) is 2.05. The molecular weight excluding hydrogens is 242 g/mol. The molecule has 0 saturated heterocycles. The maximum Gasteiger partial charge on any atom is 0.307 e. The average molecular weight is 265 g/mol. The fraction of sp³-hybridized carbons (Fsp3) is 0.643. The van der Waals surface area contributed by atoms with Crippen molar-refractivity contribution in [2.45, 2.75) is 52.5 Å². The topological polar surface area (TPSA) is 64.1 Å². The highest BCUT2D eigenvalue weighted by atomic mass is 16.5. The van der Waals surface area contributed by atoms with Gasteiger partial charge in [-0.25, -0.2) is 9.97 Å². The third-order valence-corrected chi connectivity index (χ3v) is 2.50. The molecule has 19 heavy (non-hydrogen) atoms. The number of anilines is 1. The zero-order chi connectivity index (χ0) is 14.5. The number of carbonyl (C=O) groups excluding carboxylic acids is 1. The van der Waals surface area contributed by atoms with Crippen molar-refractivity contribution in [3.8, 4) is 0 Å². The summed E-state index contributed by atoms with van der Waals surface area (Å²) < 4.78 is 4.92. The first kappa shape index (κ1) is 15.4. The van der Waals surface area contributed by atoms with E-state index in [0.717, 1.165) is 11.6 Å². The van der Waals surface area contributed by atoms with Gasteiger partial charge in [0, 0.05) is 17.7 Å². The van der Waals surface area contributed by atoms with Crippen molar-refractivity contribution in [1.29, 1.82) is 0 Å². The van der Waals surface area contributed by atoms with E-state index in [1.807, 2.05) is 6.92 Å². The number of rotatable bonds is 5. The molecule has 0 aliphatic rings. The Kier molecular flexibility index (Phi) is 5.27. The fourth-order valence-electron chi connectivity index (χ4n) is 1.57. The van der Waals surface area contributed by atoms with E-state index < -0.39 is 0 Å². The Hall–Kier alpha value is -1.65. The second-order valence-electron chi connectivity index (χ2n) is 5.57. The van der Waals surface area contributed by atoms with Gasteiger partial charge in [-0.15, -0.1) is 0 Å². The second kappa shape index (κ2) is 6.50. The minimum atomic E-state index is -0.201. The third kappa shape index (κ3) is 5.24. The molecule has 1 unspecified atom stereocenters. The average Bonchev–Trinajstić information content (AvgIpc) is 2.28. The van der Waals surface area contributed by atoms with Gasteiger partial charge in [-0.3, -0.25) is 4.79 Å². The number of esters is 1. The molecule has 0 aliphatic heterocycles. The van der Waals surface area contributed by atoms with Crippen LogP contribution in [0.1, 0.15) is 46.9 Å². The maximum absolute atomic E-state index is 11.4. The van der Waals surface area contributed by atoms with Gasteiger partial charge in [-0.2, -0.15) is 0 Å². The Bertz CT molecular complexity index is 427. The normalized spacial score (nSPS) is 12.9. The molecule has 0 amide bonds. The SMILES string of the molecule is CCOC(=O)CC(C)Nc1ccnc(C(C)(C)C)n1. The standard InChI is InChI=1S/C14H23N3O2/c1-6-19-12(18)9-10(2)16-11-7-8-15-13(17-11)14(3,4)5/h7-8,10H,6,9H2,1-5H3,(H,15,16,17). The number of ether oxygens (including phenoxy) is 1. The fourth-order valence-corrected chi connectivity index (χ4v) is 1.57. The van der Waals surface area contributed by atoms with Crippen LogP contribution in [0.5, 0.6) is 0 Å². The van der Waals surface area contributed by atoms with Crippen LogP contribution in [-0.4, -0.2) is 28.6 Å². The predicted molar refractivity (Wildman–Crippen MR) is 75.1 cm³/mol. The van der Waals surface area contributed by atoms with E-state index in [9.17, 15) is 4.79 Å². The number of aromatic nitrogens is 2. The first-order valence-corrected chi connectivity index (χ1v) is 6.58. The molecule has 5 heteroatoms. The molecule has 0 bridgehead atoms. The Morgan fingerprint density at radius 2 is 2.16 bits per heavy atom. The van der Waals surface area contributed by atoms with Gasteiger partial charge >= 0.3 is 5.97 Å². The quantitative estimate of drug-likeness (QED) is 0.829. The number of carbonyl (C=O) groups is 1. The van der Waals surface area contributed by atoms with Gasteiger partial charge in [0.15, 0.2) is 0 Å². The molecular formula is C14H23N3O2. The zero-order valence-electron chi connectivity index (χ0n) is 12.4. The Balaban J connectivity index is 2.64. The largest absolute Gasteiger partial charge is 0.466 e. The zero-order valence-corrected chi connectivity index (χ0v) is 12.4. The van der Waals surface area contributed by atoms with E-state index in [4.69, 9.17) is 4.74 Å². The van der Waals surface area contributed by atoms with Gasteiger partial charge in [0.1, 0.15) is 11.6 Å².